The molecule has 0 amide bonds. The molecular formula is C21H18ClN7O2. The van der Waals surface area contributed by atoms with Gasteiger partial charge in [-0.05, 0) is 36.8 Å². The van der Waals surface area contributed by atoms with Crippen LogP contribution in [-0.4, -0.2) is 46.3 Å². The van der Waals surface area contributed by atoms with Crippen LogP contribution in [0.15, 0.2) is 43.0 Å². The van der Waals surface area contributed by atoms with Crippen LogP contribution in [0.1, 0.15) is 17.1 Å². The van der Waals surface area contributed by atoms with Gasteiger partial charge in [0.2, 0.25) is 5.88 Å². The first-order chi connectivity index (χ1) is 15.1. The average Bonchev–Trinajstić information content (AvgIpc) is 3.34. The van der Waals surface area contributed by atoms with Crippen molar-refractivity contribution >= 4 is 28.3 Å². The first-order valence-electron chi connectivity index (χ1n) is 9.53. The van der Waals surface area contributed by atoms with E-state index in [2.05, 4.69) is 25.0 Å². The Bertz CT molecular complexity index is 1410. The maximum atomic E-state index is 9.88. The quantitative estimate of drug-likeness (QED) is 0.423. The third kappa shape index (κ3) is 3.37. The number of ether oxygens (including phenoxy) is 1. The number of aryl methyl sites for hydroxylation is 1. The van der Waals surface area contributed by atoms with Crippen molar-refractivity contribution < 1.29 is 9.84 Å². The van der Waals surface area contributed by atoms with Gasteiger partial charge in [-0.2, -0.15) is 10.1 Å². The number of aliphatic hydroxyl groups excluding tert-OH is 1. The summed E-state index contributed by atoms with van der Waals surface area (Å²) in [4.78, 5) is 17.4. The van der Waals surface area contributed by atoms with E-state index in [4.69, 9.17) is 16.3 Å². The minimum Gasteiger partial charge on any atom is -0.479 e. The van der Waals surface area contributed by atoms with Crippen molar-refractivity contribution in [2.45, 2.75) is 20.1 Å². The molecule has 0 saturated carbocycles. The summed E-state index contributed by atoms with van der Waals surface area (Å²) in [5.74, 6) is 0.995. The third-order valence-corrected chi connectivity index (χ3v) is 5.27. The Labute approximate surface area is 182 Å². The maximum absolute atomic E-state index is 9.88. The highest BCUT2D eigenvalue weighted by Crippen LogP contribution is 2.31. The second-order valence-electron chi connectivity index (χ2n) is 7.07. The van der Waals surface area contributed by atoms with Gasteiger partial charge in [-0.25, -0.2) is 19.5 Å². The summed E-state index contributed by atoms with van der Waals surface area (Å²) < 4.78 is 9.07. The number of imidazole rings is 1. The van der Waals surface area contributed by atoms with Crippen molar-refractivity contribution in [3.63, 3.8) is 0 Å². The number of methoxy groups -OCH3 is 1. The first kappa shape index (κ1) is 19.4. The average molecular weight is 436 g/mol. The Morgan fingerprint density at radius 2 is 2.03 bits per heavy atom. The standard InChI is InChI=1S/C21H18ClN7O2/c1-12-5-13(6-17(22)26-12)9-28-16-7-14(8-23-20(16)27-18(28)10-30)15-3-4-29-19(15)21(31-2)24-11-25-29/h3-8,11,30H,9-10H2,1-2H3. The lowest BCUT2D eigenvalue weighted by atomic mass is 10.1. The molecule has 5 heterocycles. The van der Waals surface area contributed by atoms with Gasteiger partial charge in [0.1, 0.15) is 29.4 Å². The predicted octanol–water partition coefficient (Wildman–Crippen LogP) is 3.05. The molecule has 1 N–H and O–H groups in total. The predicted molar refractivity (Wildman–Crippen MR) is 115 cm³/mol. The summed E-state index contributed by atoms with van der Waals surface area (Å²) in [6, 6.07) is 7.70. The first-order valence-corrected chi connectivity index (χ1v) is 9.91. The molecule has 156 valence electrons. The van der Waals surface area contributed by atoms with Gasteiger partial charge in [-0.1, -0.05) is 11.6 Å². The summed E-state index contributed by atoms with van der Waals surface area (Å²) in [7, 11) is 1.57. The molecule has 0 aliphatic rings. The van der Waals surface area contributed by atoms with Crippen molar-refractivity contribution in [3.05, 3.63) is 65.2 Å². The fourth-order valence-electron chi connectivity index (χ4n) is 3.78. The number of nitrogens with zero attached hydrogens (tertiary/aromatic N) is 7. The number of hydrogen-bond donors (Lipinski definition) is 1. The van der Waals surface area contributed by atoms with Crippen molar-refractivity contribution in [1.29, 1.82) is 0 Å². The normalized spacial score (nSPS) is 11.5. The highest BCUT2D eigenvalue weighted by Gasteiger charge is 2.17. The van der Waals surface area contributed by atoms with Crippen molar-refractivity contribution in [3.8, 4) is 17.0 Å². The summed E-state index contributed by atoms with van der Waals surface area (Å²) in [6.07, 6.45) is 5.04. The van der Waals surface area contributed by atoms with E-state index < -0.39 is 0 Å². The second kappa shape index (κ2) is 7.60. The minimum absolute atomic E-state index is 0.208. The Morgan fingerprint density at radius 1 is 1.16 bits per heavy atom. The molecule has 5 aromatic rings. The Kier molecular flexibility index (Phi) is 4.76. The molecule has 0 fully saturated rings. The van der Waals surface area contributed by atoms with Gasteiger partial charge < -0.3 is 14.4 Å². The van der Waals surface area contributed by atoms with E-state index in [1.165, 1.54) is 6.33 Å². The molecule has 9 nitrogen and oxygen atoms in total. The second-order valence-corrected chi connectivity index (χ2v) is 7.46. The smallest absolute Gasteiger partial charge is 0.241 e. The monoisotopic (exact) mass is 435 g/mol. The number of pyridine rings is 2. The molecule has 0 aromatic carbocycles. The number of hydrogen-bond acceptors (Lipinski definition) is 7. The van der Waals surface area contributed by atoms with Crippen LogP contribution in [0.3, 0.4) is 0 Å². The SMILES string of the molecule is COc1ncnn2ccc(-c3cnc4nc(CO)n(Cc5cc(C)nc(Cl)c5)c4c3)c12. The van der Waals surface area contributed by atoms with Gasteiger partial charge in [0.25, 0.3) is 0 Å². The number of aromatic nitrogens is 7. The van der Waals surface area contributed by atoms with Gasteiger partial charge in [-0.3, -0.25) is 0 Å². The molecule has 5 aromatic heterocycles. The highest BCUT2D eigenvalue weighted by molar-refractivity contribution is 6.29. The van der Waals surface area contributed by atoms with E-state index in [-0.39, 0.29) is 6.61 Å². The Balaban J connectivity index is 1.67. The van der Waals surface area contributed by atoms with E-state index in [9.17, 15) is 5.11 Å². The largest absolute Gasteiger partial charge is 0.479 e. The molecule has 0 bridgehead atoms. The van der Waals surface area contributed by atoms with Crippen LogP contribution in [0.2, 0.25) is 5.15 Å². The highest BCUT2D eigenvalue weighted by atomic mass is 35.5. The summed E-state index contributed by atoms with van der Waals surface area (Å²) >= 11 is 6.14. The molecule has 5 rings (SSSR count). The van der Waals surface area contributed by atoms with Gasteiger partial charge in [0.15, 0.2) is 5.65 Å². The van der Waals surface area contributed by atoms with Gasteiger partial charge >= 0.3 is 0 Å². The molecule has 31 heavy (non-hydrogen) atoms. The van der Waals surface area contributed by atoms with Gasteiger partial charge in [0, 0.05) is 35.8 Å². The van der Waals surface area contributed by atoms with Crippen LogP contribution >= 0.6 is 11.6 Å². The fraction of sp³-hybridized carbons (Fsp3) is 0.190. The molecule has 0 atom stereocenters. The number of rotatable bonds is 5. The summed E-state index contributed by atoms with van der Waals surface area (Å²) in [6.45, 7) is 2.16. The number of halogens is 1. The zero-order valence-electron chi connectivity index (χ0n) is 16.8. The lowest BCUT2D eigenvalue weighted by Crippen LogP contribution is -2.06. The van der Waals surface area contributed by atoms with Crippen molar-refractivity contribution in [2.75, 3.05) is 7.11 Å². The van der Waals surface area contributed by atoms with E-state index in [0.29, 0.717) is 29.0 Å². The maximum Gasteiger partial charge on any atom is 0.241 e. The van der Waals surface area contributed by atoms with E-state index in [1.807, 2.05) is 42.0 Å². The van der Waals surface area contributed by atoms with Gasteiger partial charge in [-0.15, -0.1) is 0 Å². The van der Waals surface area contributed by atoms with Crippen LogP contribution < -0.4 is 4.74 Å². The third-order valence-electron chi connectivity index (χ3n) is 5.07. The van der Waals surface area contributed by atoms with E-state index in [0.717, 1.165) is 33.4 Å². The van der Waals surface area contributed by atoms with E-state index in [1.54, 1.807) is 17.8 Å². The van der Waals surface area contributed by atoms with Crippen LogP contribution in [0, 0.1) is 6.92 Å². The lowest BCUT2D eigenvalue weighted by Gasteiger charge is -2.10. The zero-order valence-corrected chi connectivity index (χ0v) is 17.6. The number of fused-ring (bicyclic) bond motifs is 2. The van der Waals surface area contributed by atoms with E-state index >= 15 is 0 Å². The summed E-state index contributed by atoms with van der Waals surface area (Å²) in [5.41, 5.74) is 5.62. The van der Waals surface area contributed by atoms with Crippen molar-refractivity contribution in [1.82, 2.24) is 34.1 Å². The molecule has 0 unspecified atom stereocenters. The molecule has 0 aliphatic heterocycles. The molecule has 10 heteroatoms. The van der Waals surface area contributed by atoms with Crippen molar-refractivity contribution in [2.24, 2.45) is 0 Å². The minimum atomic E-state index is -0.208. The van der Waals surface area contributed by atoms with Crippen LogP contribution in [0.4, 0.5) is 0 Å². The molecule has 0 aliphatic carbocycles. The van der Waals surface area contributed by atoms with Crippen LogP contribution in [-0.2, 0) is 13.2 Å². The molecule has 0 radical (unpaired) electrons. The zero-order chi connectivity index (χ0) is 21.5. The molecule has 0 spiro atoms. The Morgan fingerprint density at radius 3 is 2.81 bits per heavy atom. The fourth-order valence-corrected chi connectivity index (χ4v) is 4.05. The van der Waals surface area contributed by atoms with Crippen LogP contribution in [0.25, 0.3) is 27.8 Å². The topological polar surface area (TPSA) is 103 Å². The number of aliphatic hydroxyl groups is 1. The molecule has 0 saturated heterocycles. The van der Waals surface area contributed by atoms with Gasteiger partial charge in [0.05, 0.1) is 12.6 Å². The Hall–Kier alpha value is -3.56. The lowest BCUT2D eigenvalue weighted by molar-refractivity contribution is 0.267. The van der Waals surface area contributed by atoms with Crippen LogP contribution in [0.5, 0.6) is 5.88 Å². The summed E-state index contributed by atoms with van der Waals surface area (Å²) in [5, 5.41) is 14.6. The molecular weight excluding hydrogens is 418 g/mol.